The fourth-order valence-corrected chi connectivity index (χ4v) is 3.76. The molecule has 2 amide bonds. The molecule has 2 aromatic rings. The highest BCUT2D eigenvalue weighted by Crippen LogP contribution is 2.26. The minimum atomic E-state index is -1.18. The third-order valence-corrected chi connectivity index (χ3v) is 5.36. The number of hydrogen-bond donors (Lipinski definition) is 0. The molecule has 0 radical (unpaired) electrons. The minimum absolute atomic E-state index is 0.0618. The number of imidazole rings is 1. The summed E-state index contributed by atoms with van der Waals surface area (Å²) in [4.78, 5) is 32.7. The Morgan fingerprint density at radius 1 is 1.10 bits per heavy atom. The predicted octanol–water partition coefficient (Wildman–Crippen LogP) is 0.968. The molecular weight excluding hydrogens is 398 g/mol. The number of carbonyl (C=O) groups is 2. The van der Waals surface area contributed by atoms with Crippen LogP contribution in [-0.4, -0.2) is 76.3 Å². The molecule has 1 aromatic heterocycles. The van der Waals surface area contributed by atoms with Crippen LogP contribution < -0.4 is 0 Å². The van der Waals surface area contributed by atoms with E-state index in [2.05, 4.69) is 4.98 Å². The third kappa shape index (κ3) is 3.92. The average Bonchev–Trinajstić information content (AvgIpc) is 3.16. The van der Waals surface area contributed by atoms with E-state index in [4.69, 9.17) is 9.47 Å². The zero-order valence-corrected chi connectivity index (χ0v) is 16.5. The lowest BCUT2D eigenvalue weighted by Gasteiger charge is -2.47. The molecule has 0 bridgehead atoms. The largest absolute Gasteiger partial charge is 0.345 e. The number of amides is 2. The number of carbonyl (C=O) groups excluding carboxylic acids is 2. The molecule has 30 heavy (non-hydrogen) atoms. The van der Waals surface area contributed by atoms with Crippen LogP contribution in [0.2, 0.25) is 0 Å². The first kappa shape index (κ1) is 20.4. The number of hydrogen-bond acceptors (Lipinski definition) is 5. The standard InChI is InChI=1S/C20H22F2N4O4/c1-24-6-5-23-18(24)19(28)26-8-10-30-20(13-26)12-25(7-9-29-20)17(27)11-14-15(21)3-2-4-16(14)22/h2-6H,7-13H2,1H3. The van der Waals surface area contributed by atoms with Gasteiger partial charge < -0.3 is 23.8 Å². The number of ether oxygens (including phenoxy) is 2. The van der Waals surface area contributed by atoms with Gasteiger partial charge in [-0.1, -0.05) is 6.07 Å². The molecule has 10 heteroatoms. The van der Waals surface area contributed by atoms with Crippen molar-refractivity contribution in [1.29, 1.82) is 0 Å². The van der Waals surface area contributed by atoms with Gasteiger partial charge in [0.15, 0.2) is 5.82 Å². The number of benzene rings is 1. The van der Waals surface area contributed by atoms with Crippen molar-refractivity contribution in [2.24, 2.45) is 7.05 Å². The molecule has 0 aliphatic carbocycles. The summed E-state index contributed by atoms with van der Waals surface area (Å²) in [5.41, 5.74) is -0.265. The van der Waals surface area contributed by atoms with Crippen molar-refractivity contribution in [1.82, 2.24) is 19.4 Å². The van der Waals surface area contributed by atoms with E-state index in [1.54, 1.807) is 28.9 Å². The van der Waals surface area contributed by atoms with Gasteiger partial charge in [0.2, 0.25) is 11.7 Å². The Bertz CT molecular complexity index is 942. The highest BCUT2D eigenvalue weighted by molar-refractivity contribution is 5.91. The minimum Gasteiger partial charge on any atom is -0.345 e. The SMILES string of the molecule is Cn1ccnc1C(=O)N1CCOC2(CN(C(=O)Cc3c(F)cccc3F)CCO2)C1. The van der Waals surface area contributed by atoms with E-state index < -0.39 is 29.7 Å². The number of nitrogens with zero attached hydrogens (tertiary/aromatic N) is 4. The van der Waals surface area contributed by atoms with Gasteiger partial charge >= 0.3 is 0 Å². The normalized spacial score (nSPS) is 21.8. The summed E-state index contributed by atoms with van der Waals surface area (Å²) < 4.78 is 41.1. The van der Waals surface area contributed by atoms with Crippen molar-refractivity contribution in [3.05, 3.63) is 53.6 Å². The highest BCUT2D eigenvalue weighted by atomic mass is 19.1. The molecule has 1 aromatic carbocycles. The molecule has 1 unspecified atom stereocenters. The molecule has 0 saturated carbocycles. The Labute approximate surface area is 172 Å². The maximum absolute atomic E-state index is 13.9. The zero-order valence-electron chi connectivity index (χ0n) is 16.5. The number of rotatable bonds is 3. The number of aromatic nitrogens is 2. The molecule has 2 saturated heterocycles. The van der Waals surface area contributed by atoms with Crippen LogP contribution in [0.5, 0.6) is 0 Å². The Kier molecular flexibility index (Phi) is 5.52. The lowest BCUT2D eigenvalue weighted by molar-refractivity contribution is -0.284. The summed E-state index contributed by atoms with van der Waals surface area (Å²) in [6.07, 6.45) is 2.83. The van der Waals surface area contributed by atoms with Crippen molar-refractivity contribution in [3.8, 4) is 0 Å². The van der Waals surface area contributed by atoms with Gasteiger partial charge in [-0.3, -0.25) is 9.59 Å². The van der Waals surface area contributed by atoms with Gasteiger partial charge in [0.05, 0.1) is 32.7 Å². The van der Waals surface area contributed by atoms with Crippen LogP contribution in [0.1, 0.15) is 16.2 Å². The summed E-state index contributed by atoms with van der Waals surface area (Å²) in [6.45, 7) is 1.25. The fourth-order valence-electron chi connectivity index (χ4n) is 3.76. The van der Waals surface area contributed by atoms with Crippen LogP contribution in [0.3, 0.4) is 0 Å². The van der Waals surface area contributed by atoms with Gasteiger partial charge in [-0.05, 0) is 12.1 Å². The molecular formula is C20H22F2N4O4. The molecule has 2 aliphatic heterocycles. The summed E-state index contributed by atoms with van der Waals surface area (Å²) in [5, 5.41) is 0. The molecule has 3 heterocycles. The van der Waals surface area contributed by atoms with Crippen molar-refractivity contribution in [3.63, 3.8) is 0 Å². The number of morpholine rings is 2. The number of halogens is 2. The predicted molar refractivity (Wildman–Crippen MR) is 100 cm³/mol. The Morgan fingerprint density at radius 3 is 2.37 bits per heavy atom. The van der Waals surface area contributed by atoms with E-state index in [9.17, 15) is 18.4 Å². The molecule has 2 fully saturated rings. The summed E-state index contributed by atoms with van der Waals surface area (Å²) in [5.74, 6) is -3.09. The number of aryl methyl sites for hydroxylation is 1. The second-order valence-electron chi connectivity index (χ2n) is 7.39. The van der Waals surface area contributed by atoms with Crippen molar-refractivity contribution in [2.45, 2.75) is 12.2 Å². The quantitative estimate of drug-likeness (QED) is 0.740. The Balaban J connectivity index is 1.46. The van der Waals surface area contributed by atoms with Gasteiger partial charge in [0, 0.05) is 38.1 Å². The van der Waals surface area contributed by atoms with E-state index in [0.29, 0.717) is 12.4 Å². The highest BCUT2D eigenvalue weighted by Gasteiger charge is 2.45. The monoisotopic (exact) mass is 420 g/mol. The topological polar surface area (TPSA) is 76.9 Å². The second-order valence-corrected chi connectivity index (χ2v) is 7.39. The zero-order chi connectivity index (χ0) is 21.3. The first-order valence-electron chi connectivity index (χ1n) is 9.64. The molecule has 1 spiro atoms. The van der Waals surface area contributed by atoms with Crippen LogP contribution in [0, 0.1) is 11.6 Å². The van der Waals surface area contributed by atoms with Gasteiger partial charge in [-0.15, -0.1) is 0 Å². The molecule has 2 aliphatic rings. The molecule has 4 rings (SSSR count). The van der Waals surface area contributed by atoms with Gasteiger partial charge in [0.25, 0.3) is 5.91 Å². The molecule has 8 nitrogen and oxygen atoms in total. The van der Waals surface area contributed by atoms with Gasteiger partial charge in [0.1, 0.15) is 11.6 Å². The lowest BCUT2D eigenvalue weighted by Crippen LogP contribution is -2.64. The second kappa shape index (κ2) is 8.11. The van der Waals surface area contributed by atoms with E-state index >= 15 is 0 Å². The van der Waals surface area contributed by atoms with Crippen molar-refractivity contribution < 1.29 is 27.8 Å². The maximum atomic E-state index is 13.9. The van der Waals surface area contributed by atoms with Crippen LogP contribution in [0.25, 0.3) is 0 Å². The van der Waals surface area contributed by atoms with E-state index in [0.717, 1.165) is 12.1 Å². The lowest BCUT2D eigenvalue weighted by atomic mass is 10.1. The van der Waals surface area contributed by atoms with E-state index in [1.165, 1.54) is 11.0 Å². The summed E-state index contributed by atoms with van der Waals surface area (Å²) >= 11 is 0. The molecule has 0 N–H and O–H groups in total. The molecule has 160 valence electrons. The van der Waals surface area contributed by atoms with Crippen LogP contribution in [0.4, 0.5) is 8.78 Å². The summed E-state index contributed by atoms with van der Waals surface area (Å²) in [6, 6.07) is 3.50. The Morgan fingerprint density at radius 2 is 1.73 bits per heavy atom. The fraction of sp³-hybridized carbons (Fsp3) is 0.450. The Hall–Kier alpha value is -2.85. The van der Waals surface area contributed by atoms with Gasteiger partial charge in [-0.25, -0.2) is 13.8 Å². The molecule has 1 atom stereocenters. The third-order valence-electron chi connectivity index (χ3n) is 5.36. The maximum Gasteiger partial charge on any atom is 0.290 e. The van der Waals surface area contributed by atoms with Crippen LogP contribution in [0.15, 0.2) is 30.6 Å². The average molecular weight is 420 g/mol. The first-order chi connectivity index (χ1) is 14.4. The van der Waals surface area contributed by atoms with Crippen LogP contribution in [-0.2, 0) is 27.7 Å². The van der Waals surface area contributed by atoms with E-state index in [1.807, 2.05) is 0 Å². The van der Waals surface area contributed by atoms with Crippen molar-refractivity contribution >= 4 is 11.8 Å². The van der Waals surface area contributed by atoms with E-state index in [-0.39, 0.29) is 44.3 Å². The van der Waals surface area contributed by atoms with Crippen LogP contribution >= 0.6 is 0 Å². The van der Waals surface area contributed by atoms with Gasteiger partial charge in [-0.2, -0.15) is 0 Å². The van der Waals surface area contributed by atoms with Crippen molar-refractivity contribution in [2.75, 3.05) is 39.4 Å². The smallest absolute Gasteiger partial charge is 0.290 e. The summed E-state index contributed by atoms with van der Waals surface area (Å²) in [7, 11) is 1.73. The first-order valence-corrected chi connectivity index (χ1v) is 9.64.